The minimum absolute atomic E-state index is 0.0574. The molecule has 1 N–H and O–H groups in total. The zero-order chi connectivity index (χ0) is 18.2. The number of hydrogen-bond acceptors (Lipinski definition) is 4. The summed E-state index contributed by atoms with van der Waals surface area (Å²) in [6, 6.07) is 9.99. The Balaban J connectivity index is 1.33. The van der Waals surface area contributed by atoms with Crippen molar-refractivity contribution in [3.63, 3.8) is 0 Å². The lowest BCUT2D eigenvalue weighted by atomic mass is 10.1. The van der Waals surface area contributed by atoms with Gasteiger partial charge in [-0.1, -0.05) is 30.3 Å². The van der Waals surface area contributed by atoms with Gasteiger partial charge < -0.3 is 24.6 Å². The zero-order valence-corrected chi connectivity index (χ0v) is 15.1. The quantitative estimate of drug-likeness (QED) is 0.857. The molecule has 7 heteroatoms. The molecule has 0 aliphatic carbocycles. The fraction of sp³-hybridized carbons (Fsp3) is 0.579. The Hall–Kier alpha value is -2.12. The molecule has 26 heavy (non-hydrogen) atoms. The van der Waals surface area contributed by atoms with Crippen LogP contribution in [0.15, 0.2) is 30.3 Å². The van der Waals surface area contributed by atoms with Crippen molar-refractivity contribution in [2.45, 2.75) is 25.5 Å². The third-order valence-corrected chi connectivity index (χ3v) is 4.76. The van der Waals surface area contributed by atoms with E-state index < -0.39 is 0 Å². The van der Waals surface area contributed by atoms with Crippen molar-refractivity contribution >= 4 is 11.9 Å². The lowest BCUT2D eigenvalue weighted by Gasteiger charge is -2.37. The van der Waals surface area contributed by atoms with Gasteiger partial charge in [0.05, 0.1) is 19.8 Å². The third-order valence-electron chi connectivity index (χ3n) is 4.76. The molecule has 2 fully saturated rings. The maximum Gasteiger partial charge on any atom is 0.320 e. The SMILES string of the molecule is O=C(COCc1ccccc1)NC1CCN(C(=O)N2CCOCC2)CC1. The highest BCUT2D eigenvalue weighted by molar-refractivity contribution is 5.77. The summed E-state index contributed by atoms with van der Waals surface area (Å²) in [5, 5.41) is 3.01. The number of likely N-dealkylation sites (tertiary alicyclic amines) is 1. The van der Waals surface area contributed by atoms with E-state index in [0.29, 0.717) is 46.0 Å². The predicted molar refractivity (Wildman–Crippen MR) is 96.6 cm³/mol. The molecule has 1 aromatic rings. The fourth-order valence-electron chi connectivity index (χ4n) is 3.27. The van der Waals surface area contributed by atoms with E-state index in [2.05, 4.69) is 5.32 Å². The van der Waals surface area contributed by atoms with Crippen LogP contribution in [0.3, 0.4) is 0 Å². The van der Waals surface area contributed by atoms with Crippen LogP contribution in [0.1, 0.15) is 18.4 Å². The highest BCUT2D eigenvalue weighted by Crippen LogP contribution is 2.13. The molecule has 2 heterocycles. The van der Waals surface area contributed by atoms with E-state index in [9.17, 15) is 9.59 Å². The van der Waals surface area contributed by atoms with E-state index in [-0.39, 0.29) is 24.6 Å². The van der Waals surface area contributed by atoms with Gasteiger partial charge >= 0.3 is 6.03 Å². The Kier molecular flexibility index (Phi) is 6.85. The largest absolute Gasteiger partial charge is 0.378 e. The Morgan fingerprint density at radius 1 is 1.04 bits per heavy atom. The molecule has 0 radical (unpaired) electrons. The summed E-state index contributed by atoms with van der Waals surface area (Å²) < 4.78 is 10.8. The summed E-state index contributed by atoms with van der Waals surface area (Å²) in [4.78, 5) is 28.2. The van der Waals surface area contributed by atoms with E-state index in [1.54, 1.807) is 0 Å². The summed E-state index contributed by atoms with van der Waals surface area (Å²) >= 11 is 0. The van der Waals surface area contributed by atoms with Gasteiger partial charge in [0.2, 0.25) is 5.91 Å². The number of hydrogen-bond donors (Lipinski definition) is 1. The Morgan fingerprint density at radius 3 is 2.38 bits per heavy atom. The van der Waals surface area contributed by atoms with Crippen LogP contribution in [0.2, 0.25) is 0 Å². The van der Waals surface area contributed by atoms with Crippen LogP contribution in [-0.2, 0) is 20.9 Å². The molecule has 3 rings (SSSR count). The number of nitrogens with zero attached hydrogens (tertiary/aromatic N) is 2. The van der Waals surface area contributed by atoms with Gasteiger partial charge in [0.15, 0.2) is 0 Å². The molecule has 7 nitrogen and oxygen atoms in total. The van der Waals surface area contributed by atoms with Gasteiger partial charge in [-0.25, -0.2) is 4.79 Å². The number of morpholine rings is 1. The van der Waals surface area contributed by atoms with Crippen molar-refractivity contribution in [2.24, 2.45) is 0 Å². The number of urea groups is 1. The zero-order valence-electron chi connectivity index (χ0n) is 15.1. The van der Waals surface area contributed by atoms with Gasteiger partial charge in [-0.05, 0) is 18.4 Å². The number of ether oxygens (including phenoxy) is 2. The second-order valence-electron chi connectivity index (χ2n) is 6.69. The van der Waals surface area contributed by atoms with E-state index in [1.807, 2.05) is 40.1 Å². The molecule has 2 aliphatic rings. The van der Waals surface area contributed by atoms with E-state index in [0.717, 1.165) is 18.4 Å². The topological polar surface area (TPSA) is 71.1 Å². The van der Waals surface area contributed by atoms with E-state index in [4.69, 9.17) is 9.47 Å². The molecule has 0 atom stereocenters. The molecule has 0 bridgehead atoms. The predicted octanol–water partition coefficient (Wildman–Crippen LogP) is 1.24. The maximum absolute atomic E-state index is 12.4. The molecule has 1 aromatic carbocycles. The average Bonchev–Trinajstić information content (AvgIpc) is 2.69. The average molecular weight is 361 g/mol. The van der Waals surface area contributed by atoms with Crippen molar-refractivity contribution in [3.8, 4) is 0 Å². The van der Waals surface area contributed by atoms with Crippen LogP contribution < -0.4 is 5.32 Å². The second kappa shape index (κ2) is 9.54. The molecule has 2 saturated heterocycles. The summed E-state index contributed by atoms with van der Waals surface area (Å²) in [5.74, 6) is -0.0983. The van der Waals surface area contributed by atoms with Crippen molar-refractivity contribution in [1.82, 2.24) is 15.1 Å². The number of carbonyl (C=O) groups is 2. The second-order valence-corrected chi connectivity index (χ2v) is 6.69. The first-order valence-electron chi connectivity index (χ1n) is 9.25. The first kappa shape index (κ1) is 18.7. The normalized spacial score (nSPS) is 18.6. The maximum atomic E-state index is 12.4. The minimum Gasteiger partial charge on any atom is -0.378 e. The van der Waals surface area contributed by atoms with Gasteiger partial charge in [-0.3, -0.25) is 4.79 Å². The third kappa shape index (κ3) is 5.44. The first-order valence-corrected chi connectivity index (χ1v) is 9.25. The van der Waals surface area contributed by atoms with Crippen LogP contribution in [0, 0.1) is 0 Å². The molecular weight excluding hydrogens is 334 g/mol. The summed E-state index contributed by atoms with van der Waals surface area (Å²) in [5.41, 5.74) is 1.05. The van der Waals surface area contributed by atoms with Crippen molar-refractivity contribution in [3.05, 3.63) is 35.9 Å². The number of benzene rings is 1. The van der Waals surface area contributed by atoms with E-state index >= 15 is 0 Å². The van der Waals surface area contributed by atoms with Crippen molar-refractivity contribution in [2.75, 3.05) is 46.0 Å². The summed E-state index contributed by atoms with van der Waals surface area (Å²) in [6.45, 7) is 4.38. The lowest BCUT2D eigenvalue weighted by Crippen LogP contribution is -2.53. The Bertz CT molecular complexity index is 582. The minimum atomic E-state index is -0.0983. The molecule has 0 spiro atoms. The van der Waals surface area contributed by atoms with Crippen LogP contribution >= 0.6 is 0 Å². The van der Waals surface area contributed by atoms with Crippen LogP contribution in [0.4, 0.5) is 4.79 Å². The number of amides is 3. The molecule has 0 unspecified atom stereocenters. The molecule has 0 saturated carbocycles. The first-order chi connectivity index (χ1) is 12.7. The monoisotopic (exact) mass is 361 g/mol. The van der Waals surface area contributed by atoms with E-state index in [1.165, 1.54) is 0 Å². The van der Waals surface area contributed by atoms with Crippen molar-refractivity contribution < 1.29 is 19.1 Å². The summed E-state index contributed by atoms with van der Waals surface area (Å²) in [7, 11) is 0. The molecule has 142 valence electrons. The number of carbonyl (C=O) groups excluding carboxylic acids is 2. The van der Waals surface area contributed by atoms with Crippen LogP contribution in [0.5, 0.6) is 0 Å². The smallest absolute Gasteiger partial charge is 0.320 e. The number of rotatable bonds is 5. The van der Waals surface area contributed by atoms with Crippen LogP contribution in [0.25, 0.3) is 0 Å². The highest BCUT2D eigenvalue weighted by atomic mass is 16.5. The standard InChI is InChI=1S/C19H27N3O4/c23-18(15-26-14-16-4-2-1-3-5-16)20-17-6-8-21(9-7-17)19(24)22-10-12-25-13-11-22/h1-5,17H,6-15H2,(H,20,23). The molecular formula is C19H27N3O4. The Labute approximate surface area is 154 Å². The highest BCUT2D eigenvalue weighted by Gasteiger charge is 2.27. The van der Waals surface area contributed by atoms with Gasteiger partial charge in [0, 0.05) is 32.2 Å². The van der Waals surface area contributed by atoms with Gasteiger partial charge in [-0.2, -0.15) is 0 Å². The molecule has 2 aliphatic heterocycles. The van der Waals surface area contributed by atoms with Gasteiger partial charge in [-0.15, -0.1) is 0 Å². The molecule has 0 aromatic heterocycles. The van der Waals surface area contributed by atoms with Crippen LogP contribution in [-0.4, -0.2) is 73.8 Å². The number of nitrogens with one attached hydrogen (secondary N) is 1. The fourth-order valence-corrected chi connectivity index (χ4v) is 3.27. The van der Waals surface area contributed by atoms with Crippen molar-refractivity contribution in [1.29, 1.82) is 0 Å². The van der Waals surface area contributed by atoms with Gasteiger partial charge in [0.25, 0.3) is 0 Å². The number of piperidine rings is 1. The summed E-state index contributed by atoms with van der Waals surface area (Å²) in [6.07, 6.45) is 1.56. The molecule has 3 amide bonds. The van der Waals surface area contributed by atoms with Gasteiger partial charge in [0.1, 0.15) is 6.61 Å². The Morgan fingerprint density at radius 2 is 1.69 bits per heavy atom. The lowest BCUT2D eigenvalue weighted by molar-refractivity contribution is -0.127.